The Hall–Kier alpha value is -1.20. The standard InChI is InChI=1S/C13H23N3O2/c1-10(2)12-9-11(3)15-13(16-12)14-5-4-7-18-8-6-17/h9-10,17H,4-8H2,1-3H3,(H,14,15,16). The van der Waals surface area contributed by atoms with Crippen molar-refractivity contribution in [3.05, 3.63) is 17.5 Å². The minimum absolute atomic E-state index is 0.0756. The van der Waals surface area contributed by atoms with Crippen molar-refractivity contribution in [1.82, 2.24) is 9.97 Å². The van der Waals surface area contributed by atoms with Crippen molar-refractivity contribution >= 4 is 5.95 Å². The first-order chi connectivity index (χ1) is 8.63. The molecule has 0 radical (unpaired) electrons. The van der Waals surface area contributed by atoms with Crippen LogP contribution >= 0.6 is 0 Å². The van der Waals surface area contributed by atoms with Crippen molar-refractivity contribution in [2.75, 3.05) is 31.7 Å². The normalized spacial score (nSPS) is 10.9. The van der Waals surface area contributed by atoms with E-state index in [0.29, 0.717) is 25.1 Å². The van der Waals surface area contributed by atoms with E-state index in [0.717, 1.165) is 24.4 Å². The Balaban J connectivity index is 2.37. The van der Waals surface area contributed by atoms with E-state index < -0.39 is 0 Å². The SMILES string of the molecule is Cc1cc(C(C)C)nc(NCCCOCCO)n1. The molecule has 0 aromatic carbocycles. The summed E-state index contributed by atoms with van der Waals surface area (Å²) in [7, 11) is 0. The zero-order valence-electron chi connectivity index (χ0n) is 11.4. The zero-order chi connectivity index (χ0) is 13.4. The van der Waals surface area contributed by atoms with Crippen LogP contribution in [0.4, 0.5) is 5.95 Å². The van der Waals surface area contributed by atoms with E-state index >= 15 is 0 Å². The molecule has 0 atom stereocenters. The van der Waals surface area contributed by atoms with Crippen molar-refractivity contribution in [3.8, 4) is 0 Å². The largest absolute Gasteiger partial charge is 0.394 e. The van der Waals surface area contributed by atoms with Crippen molar-refractivity contribution in [2.24, 2.45) is 0 Å². The fraction of sp³-hybridized carbons (Fsp3) is 0.692. The van der Waals surface area contributed by atoms with Gasteiger partial charge in [-0.25, -0.2) is 9.97 Å². The quantitative estimate of drug-likeness (QED) is 0.690. The van der Waals surface area contributed by atoms with Gasteiger partial charge in [-0.3, -0.25) is 0 Å². The average Bonchev–Trinajstić information content (AvgIpc) is 2.33. The smallest absolute Gasteiger partial charge is 0.223 e. The molecule has 5 heteroatoms. The monoisotopic (exact) mass is 253 g/mol. The molecular formula is C13H23N3O2. The molecule has 18 heavy (non-hydrogen) atoms. The number of aromatic nitrogens is 2. The predicted octanol–water partition coefficient (Wildman–Crippen LogP) is 1.72. The molecule has 102 valence electrons. The van der Waals surface area contributed by atoms with Crippen LogP contribution in [-0.2, 0) is 4.74 Å². The van der Waals surface area contributed by atoms with Crippen LogP contribution in [0.1, 0.15) is 37.6 Å². The molecule has 1 rings (SSSR count). The molecule has 1 aromatic heterocycles. The topological polar surface area (TPSA) is 67.3 Å². The Morgan fingerprint density at radius 3 is 2.78 bits per heavy atom. The van der Waals surface area contributed by atoms with Crippen LogP contribution in [0.25, 0.3) is 0 Å². The molecule has 1 aromatic rings. The van der Waals surface area contributed by atoms with Gasteiger partial charge >= 0.3 is 0 Å². The van der Waals surface area contributed by atoms with E-state index in [-0.39, 0.29) is 6.61 Å². The highest BCUT2D eigenvalue weighted by Crippen LogP contribution is 2.14. The summed E-state index contributed by atoms with van der Waals surface area (Å²) >= 11 is 0. The molecule has 0 saturated carbocycles. The molecule has 0 unspecified atom stereocenters. The maximum atomic E-state index is 8.55. The number of nitrogens with one attached hydrogen (secondary N) is 1. The Kier molecular flexibility index (Phi) is 6.60. The number of ether oxygens (including phenoxy) is 1. The zero-order valence-corrected chi connectivity index (χ0v) is 11.4. The van der Waals surface area contributed by atoms with E-state index in [1.54, 1.807) is 0 Å². The van der Waals surface area contributed by atoms with Crippen LogP contribution < -0.4 is 5.32 Å². The third-order valence-corrected chi connectivity index (χ3v) is 2.45. The first kappa shape index (κ1) is 14.9. The molecule has 0 aliphatic heterocycles. The number of anilines is 1. The number of hydrogen-bond donors (Lipinski definition) is 2. The third kappa shape index (κ3) is 5.42. The fourth-order valence-corrected chi connectivity index (χ4v) is 1.51. The van der Waals surface area contributed by atoms with Gasteiger partial charge in [-0.05, 0) is 25.3 Å². The number of aryl methyl sites for hydroxylation is 1. The van der Waals surface area contributed by atoms with Crippen LogP contribution in [0, 0.1) is 6.92 Å². The second-order valence-electron chi connectivity index (χ2n) is 4.53. The third-order valence-electron chi connectivity index (χ3n) is 2.45. The number of aliphatic hydroxyl groups excluding tert-OH is 1. The lowest BCUT2D eigenvalue weighted by molar-refractivity contribution is 0.0921. The Labute approximate surface area is 109 Å². The summed E-state index contributed by atoms with van der Waals surface area (Å²) in [6, 6.07) is 2.01. The number of aliphatic hydroxyl groups is 1. The van der Waals surface area contributed by atoms with E-state index in [9.17, 15) is 0 Å². The van der Waals surface area contributed by atoms with Crippen LogP contribution in [0.15, 0.2) is 6.07 Å². The Bertz CT molecular complexity index is 356. The lowest BCUT2D eigenvalue weighted by Gasteiger charge is -2.10. The highest BCUT2D eigenvalue weighted by atomic mass is 16.5. The molecule has 0 amide bonds. The minimum atomic E-state index is 0.0756. The Morgan fingerprint density at radius 2 is 2.11 bits per heavy atom. The molecule has 0 fully saturated rings. The number of nitrogens with zero attached hydrogens (tertiary/aromatic N) is 2. The molecule has 0 aliphatic rings. The van der Waals surface area contributed by atoms with Gasteiger partial charge in [0.2, 0.25) is 5.95 Å². The summed E-state index contributed by atoms with van der Waals surface area (Å²) in [5.41, 5.74) is 2.04. The molecule has 2 N–H and O–H groups in total. The second-order valence-corrected chi connectivity index (χ2v) is 4.53. The predicted molar refractivity (Wildman–Crippen MR) is 71.9 cm³/mol. The highest BCUT2D eigenvalue weighted by Gasteiger charge is 2.05. The summed E-state index contributed by atoms with van der Waals surface area (Å²) in [5, 5.41) is 11.7. The minimum Gasteiger partial charge on any atom is -0.394 e. The maximum absolute atomic E-state index is 8.55. The molecule has 1 heterocycles. The lowest BCUT2D eigenvalue weighted by atomic mass is 10.1. The first-order valence-electron chi connectivity index (χ1n) is 6.41. The maximum Gasteiger partial charge on any atom is 0.223 e. The number of hydrogen-bond acceptors (Lipinski definition) is 5. The number of rotatable bonds is 8. The second kappa shape index (κ2) is 8.00. The molecular weight excluding hydrogens is 230 g/mol. The van der Waals surface area contributed by atoms with Crippen LogP contribution in [0.2, 0.25) is 0 Å². The summed E-state index contributed by atoms with van der Waals surface area (Å²) in [4.78, 5) is 8.81. The fourth-order valence-electron chi connectivity index (χ4n) is 1.51. The van der Waals surface area contributed by atoms with Gasteiger partial charge in [-0.15, -0.1) is 0 Å². The first-order valence-corrected chi connectivity index (χ1v) is 6.41. The van der Waals surface area contributed by atoms with Gasteiger partial charge in [0.05, 0.1) is 13.2 Å². The van der Waals surface area contributed by atoms with E-state index in [2.05, 4.69) is 29.1 Å². The summed E-state index contributed by atoms with van der Waals surface area (Å²) in [5.74, 6) is 1.08. The van der Waals surface area contributed by atoms with Crippen molar-refractivity contribution in [1.29, 1.82) is 0 Å². The van der Waals surface area contributed by atoms with Gasteiger partial charge in [-0.1, -0.05) is 13.8 Å². The van der Waals surface area contributed by atoms with Gasteiger partial charge in [0.1, 0.15) is 0 Å². The van der Waals surface area contributed by atoms with Gasteiger partial charge in [0.25, 0.3) is 0 Å². The van der Waals surface area contributed by atoms with Gasteiger partial charge in [-0.2, -0.15) is 0 Å². The van der Waals surface area contributed by atoms with Crippen molar-refractivity contribution < 1.29 is 9.84 Å². The Morgan fingerprint density at radius 1 is 1.33 bits per heavy atom. The average molecular weight is 253 g/mol. The summed E-state index contributed by atoms with van der Waals surface area (Å²) in [6.07, 6.45) is 0.869. The van der Waals surface area contributed by atoms with E-state index in [1.807, 2.05) is 13.0 Å². The molecule has 0 bridgehead atoms. The van der Waals surface area contributed by atoms with Crippen molar-refractivity contribution in [2.45, 2.75) is 33.1 Å². The summed E-state index contributed by atoms with van der Waals surface area (Å²) < 4.78 is 5.18. The van der Waals surface area contributed by atoms with E-state index in [4.69, 9.17) is 9.84 Å². The molecule has 0 spiro atoms. The van der Waals surface area contributed by atoms with Crippen LogP contribution in [0.3, 0.4) is 0 Å². The van der Waals surface area contributed by atoms with Crippen LogP contribution in [-0.4, -0.2) is 41.4 Å². The van der Waals surface area contributed by atoms with Gasteiger partial charge < -0.3 is 15.2 Å². The van der Waals surface area contributed by atoms with E-state index in [1.165, 1.54) is 0 Å². The molecule has 0 aliphatic carbocycles. The summed E-state index contributed by atoms with van der Waals surface area (Å²) in [6.45, 7) is 8.10. The van der Waals surface area contributed by atoms with Crippen molar-refractivity contribution in [3.63, 3.8) is 0 Å². The lowest BCUT2D eigenvalue weighted by Crippen LogP contribution is -2.11. The molecule has 0 saturated heterocycles. The highest BCUT2D eigenvalue weighted by molar-refractivity contribution is 5.28. The van der Waals surface area contributed by atoms with Gasteiger partial charge in [0, 0.05) is 24.5 Å². The van der Waals surface area contributed by atoms with Crippen LogP contribution in [0.5, 0.6) is 0 Å². The molecule has 5 nitrogen and oxygen atoms in total. The van der Waals surface area contributed by atoms with Gasteiger partial charge in [0.15, 0.2) is 0 Å².